The van der Waals surface area contributed by atoms with Gasteiger partial charge in [0.15, 0.2) is 5.82 Å². The van der Waals surface area contributed by atoms with Gasteiger partial charge < -0.3 is 0 Å². The largest absolute Gasteiger partial charge is 0.247 e. The first-order valence-electron chi connectivity index (χ1n) is 20.8. The third-order valence-corrected chi connectivity index (χ3v) is 14.5. The predicted molar refractivity (Wildman–Crippen MR) is 265 cm³/mol. The molecule has 0 amide bonds. The quantitative estimate of drug-likeness (QED) is 0.162. The third kappa shape index (κ3) is 5.67. The molecule has 288 valence electrons. The van der Waals surface area contributed by atoms with Crippen LogP contribution in [0.5, 0.6) is 0 Å². The maximum absolute atomic E-state index is 5.46. The van der Waals surface area contributed by atoms with Crippen molar-refractivity contribution in [1.82, 2.24) is 15.0 Å². The number of hydrogen-bond acceptors (Lipinski definition) is 5. The molecular weight excluding hydrogens is 791 g/mol. The van der Waals surface area contributed by atoms with E-state index in [1.165, 1.54) is 61.9 Å². The molecular formula is C57H33N3S2. The highest BCUT2D eigenvalue weighted by Gasteiger charge is 2.20. The minimum atomic E-state index is 0.709. The van der Waals surface area contributed by atoms with Crippen molar-refractivity contribution in [3.63, 3.8) is 0 Å². The summed E-state index contributed by atoms with van der Waals surface area (Å²) in [5, 5.41) is 11.0. The Hall–Kier alpha value is -7.57. The lowest BCUT2D eigenvalue weighted by Gasteiger charge is -2.15. The highest BCUT2D eigenvalue weighted by Crippen LogP contribution is 2.46. The van der Waals surface area contributed by atoms with Crippen molar-refractivity contribution in [3.05, 3.63) is 200 Å². The lowest BCUT2D eigenvalue weighted by Crippen LogP contribution is -1.97. The van der Waals surface area contributed by atoms with Gasteiger partial charge in [-0.3, -0.25) is 0 Å². The Labute approximate surface area is 364 Å². The van der Waals surface area contributed by atoms with Gasteiger partial charge in [0.2, 0.25) is 0 Å². The van der Waals surface area contributed by atoms with Crippen molar-refractivity contribution in [2.75, 3.05) is 0 Å². The number of nitrogens with zero attached hydrogens (tertiary/aromatic N) is 3. The first-order valence-corrected chi connectivity index (χ1v) is 22.5. The smallest absolute Gasteiger partial charge is 0.160 e. The second-order valence-corrected chi connectivity index (χ2v) is 18.1. The molecule has 0 aliphatic carbocycles. The minimum absolute atomic E-state index is 0.709. The van der Waals surface area contributed by atoms with Crippen LogP contribution in [-0.4, -0.2) is 15.0 Å². The monoisotopic (exact) mass is 823 g/mol. The predicted octanol–water partition coefficient (Wildman–Crippen LogP) is 16.4. The van der Waals surface area contributed by atoms with Gasteiger partial charge in [-0.15, -0.1) is 22.7 Å². The van der Waals surface area contributed by atoms with E-state index in [-0.39, 0.29) is 0 Å². The van der Waals surface area contributed by atoms with Crippen molar-refractivity contribution in [2.24, 2.45) is 0 Å². The number of benzene rings is 9. The standard InChI is InChI=1S/C57H33N3S2/c1-3-13-34(14-4-1)48-33-49(60-57(59-48)39-23-25-41-40-19-10-12-22-50(40)62-53(41)32-39)45-30-37-18-8-7-17-36(37)29-44(45)38-24-27-51-46(31-38)55-52(61-51)28-26-43-54(55)42-20-9-11-21-47(42)58-56(43)35-15-5-2-6-16-35/h1-33H. The molecule has 9 aromatic carbocycles. The summed E-state index contributed by atoms with van der Waals surface area (Å²) in [5.74, 6) is 0.709. The Morgan fingerprint density at radius 1 is 0.306 bits per heavy atom. The van der Waals surface area contributed by atoms with Crippen LogP contribution in [0.1, 0.15) is 0 Å². The van der Waals surface area contributed by atoms with Crippen LogP contribution in [-0.2, 0) is 0 Å². The van der Waals surface area contributed by atoms with Gasteiger partial charge in [-0.1, -0.05) is 146 Å². The average Bonchev–Trinajstić information content (AvgIpc) is 3.91. The van der Waals surface area contributed by atoms with Gasteiger partial charge in [0, 0.05) is 78.8 Å². The van der Waals surface area contributed by atoms with Crippen LogP contribution in [0.4, 0.5) is 0 Å². The number of rotatable bonds is 5. The van der Waals surface area contributed by atoms with E-state index >= 15 is 0 Å². The average molecular weight is 824 g/mol. The molecule has 0 bridgehead atoms. The zero-order valence-corrected chi connectivity index (χ0v) is 34.8. The normalized spacial score (nSPS) is 11.9. The summed E-state index contributed by atoms with van der Waals surface area (Å²) in [6, 6.07) is 72.0. The molecule has 13 aromatic rings. The van der Waals surface area contributed by atoms with E-state index in [0.717, 1.165) is 61.4 Å². The first-order chi connectivity index (χ1) is 30.7. The Bertz CT molecular complexity index is 3920. The van der Waals surface area contributed by atoms with Crippen LogP contribution in [0.25, 0.3) is 129 Å². The molecule has 62 heavy (non-hydrogen) atoms. The zero-order valence-electron chi connectivity index (χ0n) is 33.2. The Kier molecular flexibility index (Phi) is 7.95. The van der Waals surface area contributed by atoms with Crippen LogP contribution >= 0.6 is 22.7 Å². The summed E-state index contributed by atoms with van der Waals surface area (Å²) in [6.07, 6.45) is 0. The van der Waals surface area contributed by atoms with Gasteiger partial charge in [0.25, 0.3) is 0 Å². The van der Waals surface area contributed by atoms with E-state index in [9.17, 15) is 0 Å². The Morgan fingerprint density at radius 3 is 1.76 bits per heavy atom. The topological polar surface area (TPSA) is 38.7 Å². The van der Waals surface area contributed by atoms with Gasteiger partial charge in [0.1, 0.15) is 0 Å². The molecule has 0 saturated carbocycles. The SMILES string of the molecule is c1ccc(-c2cc(-c3cc4ccccc4cc3-c3ccc4sc5ccc6c(-c7ccccc7)nc7ccccc7c6c5c4c3)nc(-c3ccc4c(c3)sc3ccccc34)n2)cc1. The lowest BCUT2D eigenvalue weighted by molar-refractivity contribution is 1.19. The summed E-state index contributed by atoms with van der Waals surface area (Å²) in [7, 11) is 0. The fourth-order valence-electron chi connectivity index (χ4n) is 9.32. The summed E-state index contributed by atoms with van der Waals surface area (Å²) >= 11 is 3.67. The van der Waals surface area contributed by atoms with Gasteiger partial charge in [-0.25, -0.2) is 15.0 Å². The van der Waals surface area contributed by atoms with E-state index in [1.807, 2.05) is 22.7 Å². The maximum atomic E-state index is 5.46. The van der Waals surface area contributed by atoms with E-state index < -0.39 is 0 Å². The number of aromatic nitrogens is 3. The van der Waals surface area contributed by atoms with Crippen LogP contribution in [0.2, 0.25) is 0 Å². The van der Waals surface area contributed by atoms with E-state index in [0.29, 0.717) is 5.82 Å². The molecule has 0 radical (unpaired) electrons. The van der Waals surface area contributed by atoms with E-state index in [4.69, 9.17) is 15.0 Å². The molecule has 0 spiro atoms. The number of hydrogen-bond donors (Lipinski definition) is 0. The molecule has 4 aromatic heterocycles. The van der Waals surface area contributed by atoms with Gasteiger partial charge in [0.05, 0.1) is 22.6 Å². The van der Waals surface area contributed by atoms with Crippen molar-refractivity contribution in [1.29, 1.82) is 0 Å². The van der Waals surface area contributed by atoms with Crippen LogP contribution in [0, 0.1) is 0 Å². The second-order valence-electron chi connectivity index (χ2n) is 15.9. The molecule has 0 fully saturated rings. The molecule has 0 atom stereocenters. The van der Waals surface area contributed by atoms with Crippen LogP contribution in [0.15, 0.2) is 200 Å². The van der Waals surface area contributed by atoms with Crippen molar-refractivity contribution in [2.45, 2.75) is 0 Å². The zero-order chi connectivity index (χ0) is 40.7. The van der Waals surface area contributed by atoms with E-state index in [1.54, 1.807) is 0 Å². The lowest BCUT2D eigenvalue weighted by atomic mass is 9.91. The van der Waals surface area contributed by atoms with Gasteiger partial charge in [-0.05, 0) is 76.5 Å². The first kappa shape index (κ1) is 35.2. The van der Waals surface area contributed by atoms with Crippen molar-refractivity contribution >= 4 is 95.5 Å². The molecule has 13 rings (SSSR count). The number of thiophene rings is 2. The summed E-state index contributed by atoms with van der Waals surface area (Å²) in [5.41, 5.74) is 10.3. The Morgan fingerprint density at radius 2 is 0.919 bits per heavy atom. The second kappa shape index (κ2) is 14.0. The summed E-state index contributed by atoms with van der Waals surface area (Å²) < 4.78 is 5.04. The molecule has 4 heterocycles. The fraction of sp³-hybridized carbons (Fsp3) is 0. The molecule has 0 unspecified atom stereocenters. The summed E-state index contributed by atoms with van der Waals surface area (Å²) in [4.78, 5) is 16.0. The number of pyridine rings is 1. The summed E-state index contributed by atoms with van der Waals surface area (Å²) in [6.45, 7) is 0. The van der Waals surface area contributed by atoms with Crippen LogP contribution < -0.4 is 0 Å². The number of fused-ring (bicyclic) bond motifs is 11. The van der Waals surface area contributed by atoms with E-state index in [2.05, 4.69) is 200 Å². The highest BCUT2D eigenvalue weighted by atomic mass is 32.1. The van der Waals surface area contributed by atoms with Gasteiger partial charge in [-0.2, -0.15) is 0 Å². The molecule has 0 saturated heterocycles. The molecule has 0 aliphatic heterocycles. The molecule has 0 N–H and O–H groups in total. The fourth-order valence-corrected chi connectivity index (χ4v) is 11.6. The number of para-hydroxylation sites is 1. The maximum Gasteiger partial charge on any atom is 0.160 e. The van der Waals surface area contributed by atoms with Gasteiger partial charge >= 0.3 is 0 Å². The minimum Gasteiger partial charge on any atom is -0.247 e. The highest BCUT2D eigenvalue weighted by molar-refractivity contribution is 7.26. The third-order valence-electron chi connectivity index (χ3n) is 12.2. The molecule has 0 aliphatic rings. The molecule has 5 heteroatoms. The molecule has 3 nitrogen and oxygen atoms in total. The van der Waals surface area contributed by atoms with Crippen molar-refractivity contribution < 1.29 is 0 Å². The van der Waals surface area contributed by atoms with Crippen molar-refractivity contribution in [3.8, 4) is 56.3 Å². The van der Waals surface area contributed by atoms with Crippen LogP contribution in [0.3, 0.4) is 0 Å². The Balaban J connectivity index is 1.06.